The molecule has 0 atom stereocenters. The van der Waals surface area contributed by atoms with E-state index in [9.17, 15) is 21.6 Å². The van der Waals surface area contributed by atoms with Crippen molar-refractivity contribution in [3.05, 3.63) is 65.9 Å². The summed E-state index contributed by atoms with van der Waals surface area (Å²) in [5, 5.41) is 3.07. The molecular formula is C22H22F3N5O3S. The van der Waals surface area contributed by atoms with E-state index < -0.39 is 26.7 Å². The first kappa shape index (κ1) is 23.8. The molecule has 1 aliphatic rings. The molecule has 4 rings (SSSR count). The summed E-state index contributed by atoms with van der Waals surface area (Å²) in [6.07, 6.45) is -4.80. The average Bonchev–Trinajstić information content (AvgIpc) is 2.80. The van der Waals surface area contributed by atoms with Crippen LogP contribution in [0.5, 0.6) is 0 Å². The molecular weight excluding hydrogens is 471 g/mol. The molecule has 2 aromatic carbocycles. The van der Waals surface area contributed by atoms with Gasteiger partial charge in [-0.2, -0.15) is 18.2 Å². The highest BCUT2D eigenvalue weighted by Crippen LogP contribution is 2.34. The lowest BCUT2D eigenvalue weighted by Gasteiger charge is -2.28. The molecule has 0 saturated carbocycles. The minimum Gasteiger partial charge on any atom is -0.378 e. The molecule has 0 amide bonds. The van der Waals surface area contributed by atoms with Gasteiger partial charge in [0.05, 0.1) is 23.7 Å². The second kappa shape index (κ2) is 9.47. The van der Waals surface area contributed by atoms with Gasteiger partial charge in [0.15, 0.2) is 0 Å². The monoisotopic (exact) mass is 493 g/mol. The predicted molar refractivity (Wildman–Crippen MR) is 122 cm³/mol. The number of benzene rings is 2. The number of hydrogen-bond acceptors (Lipinski definition) is 7. The number of hydrogen-bond donors (Lipinski definition) is 2. The summed E-state index contributed by atoms with van der Waals surface area (Å²) in [4.78, 5) is 10.2. The molecule has 1 aromatic heterocycles. The van der Waals surface area contributed by atoms with Crippen LogP contribution in [0.1, 0.15) is 11.3 Å². The summed E-state index contributed by atoms with van der Waals surface area (Å²) >= 11 is 0. The van der Waals surface area contributed by atoms with Crippen molar-refractivity contribution in [2.24, 2.45) is 0 Å². The van der Waals surface area contributed by atoms with Gasteiger partial charge in [0.1, 0.15) is 5.82 Å². The molecule has 0 unspecified atom stereocenters. The molecule has 1 aliphatic heterocycles. The number of halogens is 3. The Labute approximate surface area is 194 Å². The third-order valence-electron chi connectivity index (χ3n) is 5.05. The van der Waals surface area contributed by atoms with Gasteiger partial charge in [-0.15, -0.1) is 0 Å². The lowest BCUT2D eigenvalue weighted by molar-refractivity contribution is -0.139. The first-order chi connectivity index (χ1) is 16.1. The van der Waals surface area contributed by atoms with Crippen molar-refractivity contribution in [3.8, 4) is 0 Å². The quantitative estimate of drug-likeness (QED) is 0.532. The minimum absolute atomic E-state index is 0.113. The van der Waals surface area contributed by atoms with Crippen molar-refractivity contribution < 1.29 is 26.3 Å². The summed E-state index contributed by atoms with van der Waals surface area (Å²) < 4.78 is 72.5. The van der Waals surface area contributed by atoms with Gasteiger partial charge < -0.3 is 15.0 Å². The maximum Gasteiger partial charge on any atom is 0.417 e. The van der Waals surface area contributed by atoms with Crippen LogP contribution in [0.4, 0.5) is 36.3 Å². The van der Waals surface area contributed by atoms with Gasteiger partial charge in [0.25, 0.3) is 10.0 Å². The maximum absolute atomic E-state index is 13.2. The standard InChI is InChI=1S/C22H22F3N5O3S/c1-15-14-20(30-10-12-33-13-11-30)28-21(26-15)27-16-6-8-17(9-7-16)29-34(31,32)19-5-3-2-4-18(19)22(23,24)25/h2-9,14,29H,10-13H2,1H3,(H,26,27,28). The smallest absolute Gasteiger partial charge is 0.378 e. The van der Waals surface area contributed by atoms with E-state index in [4.69, 9.17) is 4.74 Å². The Morgan fingerprint density at radius 2 is 1.62 bits per heavy atom. The molecule has 1 saturated heterocycles. The van der Waals surface area contributed by atoms with Crippen LogP contribution in [0, 0.1) is 6.92 Å². The second-order valence-electron chi connectivity index (χ2n) is 7.59. The van der Waals surface area contributed by atoms with Crippen LogP contribution in [0.15, 0.2) is 59.5 Å². The number of morpholine rings is 1. The van der Waals surface area contributed by atoms with E-state index in [0.717, 1.165) is 42.8 Å². The predicted octanol–water partition coefficient (Wildman–Crippen LogP) is 4.18. The summed E-state index contributed by atoms with van der Waals surface area (Å²) in [6.45, 7) is 4.55. The van der Waals surface area contributed by atoms with E-state index in [2.05, 4.69) is 24.9 Å². The number of anilines is 4. The van der Waals surface area contributed by atoms with E-state index in [1.807, 2.05) is 13.0 Å². The molecule has 0 bridgehead atoms. The SMILES string of the molecule is Cc1cc(N2CCOCC2)nc(Nc2ccc(NS(=O)(=O)c3ccccc3C(F)(F)F)cc2)n1. The normalized spacial score (nSPS) is 14.6. The van der Waals surface area contributed by atoms with Gasteiger partial charge in [-0.1, -0.05) is 12.1 Å². The molecule has 180 valence electrons. The Balaban J connectivity index is 1.50. The lowest BCUT2D eigenvalue weighted by atomic mass is 10.2. The highest BCUT2D eigenvalue weighted by molar-refractivity contribution is 7.92. The molecule has 0 aliphatic carbocycles. The van der Waals surface area contributed by atoms with E-state index in [1.54, 1.807) is 12.1 Å². The van der Waals surface area contributed by atoms with Crippen molar-refractivity contribution in [2.75, 3.05) is 41.2 Å². The van der Waals surface area contributed by atoms with Crippen molar-refractivity contribution in [3.63, 3.8) is 0 Å². The van der Waals surface area contributed by atoms with Gasteiger partial charge in [0.2, 0.25) is 5.95 Å². The molecule has 2 heterocycles. The van der Waals surface area contributed by atoms with Gasteiger partial charge >= 0.3 is 6.18 Å². The topological polar surface area (TPSA) is 96.5 Å². The number of nitrogens with one attached hydrogen (secondary N) is 2. The van der Waals surface area contributed by atoms with Gasteiger partial charge in [0, 0.05) is 36.2 Å². The zero-order chi connectivity index (χ0) is 24.3. The lowest BCUT2D eigenvalue weighted by Crippen LogP contribution is -2.36. The molecule has 12 heteroatoms. The minimum atomic E-state index is -4.80. The Bertz CT molecular complexity index is 1260. The van der Waals surface area contributed by atoms with Crippen LogP contribution in [0.2, 0.25) is 0 Å². The molecule has 3 aromatic rings. The zero-order valence-corrected chi connectivity index (χ0v) is 18.9. The van der Waals surface area contributed by atoms with Crippen LogP contribution in [0.3, 0.4) is 0 Å². The van der Waals surface area contributed by atoms with Gasteiger partial charge in [-0.05, 0) is 43.3 Å². The highest BCUT2D eigenvalue weighted by atomic mass is 32.2. The number of aryl methyl sites for hydroxylation is 1. The number of rotatable bonds is 6. The van der Waals surface area contributed by atoms with Crippen molar-refractivity contribution in [2.45, 2.75) is 18.0 Å². The largest absolute Gasteiger partial charge is 0.417 e. The first-order valence-electron chi connectivity index (χ1n) is 10.4. The van der Waals surface area contributed by atoms with E-state index >= 15 is 0 Å². The fraction of sp³-hybridized carbons (Fsp3) is 0.273. The van der Waals surface area contributed by atoms with Crippen LogP contribution in [0.25, 0.3) is 0 Å². The number of alkyl halides is 3. The van der Waals surface area contributed by atoms with E-state index in [0.29, 0.717) is 24.8 Å². The molecule has 8 nitrogen and oxygen atoms in total. The number of ether oxygens (including phenoxy) is 1. The molecule has 1 fully saturated rings. The number of sulfonamides is 1. The fourth-order valence-corrected chi connectivity index (χ4v) is 4.75. The molecule has 0 radical (unpaired) electrons. The van der Waals surface area contributed by atoms with Gasteiger partial charge in [-0.25, -0.2) is 13.4 Å². The van der Waals surface area contributed by atoms with Crippen LogP contribution < -0.4 is 14.9 Å². The Morgan fingerprint density at radius 3 is 2.29 bits per heavy atom. The first-order valence-corrected chi connectivity index (χ1v) is 11.8. The van der Waals surface area contributed by atoms with Crippen molar-refractivity contribution in [1.29, 1.82) is 0 Å². The molecule has 2 N–H and O–H groups in total. The average molecular weight is 494 g/mol. The maximum atomic E-state index is 13.2. The zero-order valence-electron chi connectivity index (χ0n) is 18.1. The summed E-state index contributed by atoms with van der Waals surface area (Å²) in [5.74, 6) is 1.14. The van der Waals surface area contributed by atoms with E-state index in [-0.39, 0.29) is 5.69 Å². The molecule has 34 heavy (non-hydrogen) atoms. The number of aromatic nitrogens is 2. The Morgan fingerprint density at radius 1 is 0.971 bits per heavy atom. The summed E-state index contributed by atoms with van der Waals surface area (Å²) in [5.41, 5.74) is 0.235. The van der Waals surface area contributed by atoms with E-state index in [1.165, 1.54) is 18.2 Å². The van der Waals surface area contributed by atoms with Crippen molar-refractivity contribution in [1.82, 2.24) is 9.97 Å². The Kier molecular flexibility index (Phi) is 6.62. The van der Waals surface area contributed by atoms with Crippen LogP contribution in [-0.2, 0) is 20.9 Å². The fourth-order valence-electron chi connectivity index (χ4n) is 3.46. The van der Waals surface area contributed by atoms with Crippen molar-refractivity contribution >= 4 is 33.2 Å². The second-order valence-corrected chi connectivity index (χ2v) is 9.24. The highest BCUT2D eigenvalue weighted by Gasteiger charge is 2.36. The Hall–Kier alpha value is -3.38. The third kappa shape index (κ3) is 5.57. The summed E-state index contributed by atoms with van der Waals surface area (Å²) in [7, 11) is -4.45. The third-order valence-corrected chi connectivity index (χ3v) is 6.49. The van der Waals surface area contributed by atoms with Crippen LogP contribution >= 0.6 is 0 Å². The van der Waals surface area contributed by atoms with Crippen LogP contribution in [-0.4, -0.2) is 44.7 Å². The summed E-state index contributed by atoms with van der Waals surface area (Å²) in [6, 6.07) is 11.9. The molecule has 0 spiro atoms. The number of nitrogens with zero attached hydrogens (tertiary/aromatic N) is 3. The van der Waals surface area contributed by atoms with Gasteiger partial charge in [-0.3, -0.25) is 4.72 Å².